The highest BCUT2D eigenvalue weighted by atomic mass is 35.5. The molecule has 1 atom stereocenters. The number of nitrogens with one attached hydrogen (secondary N) is 2. The van der Waals surface area contributed by atoms with E-state index in [0.29, 0.717) is 18.0 Å². The summed E-state index contributed by atoms with van der Waals surface area (Å²) in [5, 5.41) is 5.38. The Balaban J connectivity index is 0.00000441. The van der Waals surface area contributed by atoms with Gasteiger partial charge in [0, 0.05) is 12.2 Å². The first-order valence-corrected chi connectivity index (χ1v) is 7.00. The zero-order valence-electron chi connectivity index (χ0n) is 13.1. The minimum Gasteiger partial charge on any atom is -0.484 e. The van der Waals surface area contributed by atoms with Gasteiger partial charge in [0.05, 0.1) is 6.04 Å². The average Bonchev–Trinajstić information content (AvgIpc) is 2.45. The van der Waals surface area contributed by atoms with Crippen LogP contribution >= 0.6 is 12.4 Å². The molecule has 0 heterocycles. The number of likely N-dealkylation sites (N-methyl/N-ethyl adjacent to an activating group) is 1. The Labute approximate surface area is 137 Å². The number of halogens is 1. The summed E-state index contributed by atoms with van der Waals surface area (Å²) in [6.45, 7) is 6.17. The molecule has 0 radical (unpaired) electrons. The molecule has 1 unspecified atom stereocenters. The molecule has 0 aliphatic rings. The van der Waals surface area contributed by atoms with Crippen LogP contribution in [0.15, 0.2) is 24.3 Å². The Bertz CT molecular complexity index is 477. The molecule has 4 N–H and O–H groups in total. The largest absolute Gasteiger partial charge is 0.484 e. The quantitative estimate of drug-likeness (QED) is 0.707. The number of ether oxygens (including phenoxy) is 1. The van der Waals surface area contributed by atoms with Crippen LogP contribution in [-0.2, 0) is 9.59 Å². The summed E-state index contributed by atoms with van der Waals surface area (Å²) in [5.41, 5.74) is 6.41. The number of nitrogens with two attached hydrogens (primary N) is 1. The molecule has 0 aliphatic carbocycles. The topological polar surface area (TPSA) is 93.5 Å². The maximum Gasteiger partial charge on any atom is 0.257 e. The van der Waals surface area contributed by atoms with E-state index in [1.807, 2.05) is 20.8 Å². The minimum atomic E-state index is -0.543. The van der Waals surface area contributed by atoms with E-state index in [0.717, 1.165) is 0 Å². The lowest BCUT2D eigenvalue weighted by molar-refractivity contribution is -0.123. The number of hydrogen-bond donors (Lipinski definition) is 3. The first-order chi connectivity index (χ1) is 9.93. The molecule has 0 bridgehead atoms. The minimum absolute atomic E-state index is 0. The number of carbonyl (C=O) groups is 2. The predicted octanol–water partition coefficient (Wildman–Crippen LogP) is 1.55. The van der Waals surface area contributed by atoms with Gasteiger partial charge in [0.15, 0.2) is 6.61 Å². The van der Waals surface area contributed by atoms with Gasteiger partial charge in [0.1, 0.15) is 5.75 Å². The van der Waals surface area contributed by atoms with Gasteiger partial charge in [-0.3, -0.25) is 9.59 Å². The van der Waals surface area contributed by atoms with Crippen molar-refractivity contribution in [2.75, 3.05) is 18.5 Å². The Hall–Kier alpha value is -1.79. The predicted molar refractivity (Wildman–Crippen MR) is 89.3 cm³/mol. The third-order valence-corrected chi connectivity index (χ3v) is 2.89. The van der Waals surface area contributed by atoms with Gasteiger partial charge >= 0.3 is 0 Å². The van der Waals surface area contributed by atoms with Gasteiger partial charge in [-0.25, -0.2) is 0 Å². The Morgan fingerprint density at radius 2 is 1.82 bits per heavy atom. The van der Waals surface area contributed by atoms with E-state index >= 15 is 0 Å². The summed E-state index contributed by atoms with van der Waals surface area (Å²) in [5.74, 6) is 0.246. The van der Waals surface area contributed by atoms with Crippen molar-refractivity contribution in [3.63, 3.8) is 0 Å². The van der Waals surface area contributed by atoms with Crippen LogP contribution in [0.4, 0.5) is 5.69 Å². The maximum absolute atomic E-state index is 11.8. The molecular formula is C15H24ClN3O3. The van der Waals surface area contributed by atoms with Crippen molar-refractivity contribution in [1.29, 1.82) is 0 Å². The highest BCUT2D eigenvalue weighted by molar-refractivity contribution is 5.94. The van der Waals surface area contributed by atoms with Gasteiger partial charge < -0.3 is 21.1 Å². The van der Waals surface area contributed by atoms with Crippen LogP contribution in [0, 0.1) is 5.92 Å². The van der Waals surface area contributed by atoms with Crippen LogP contribution < -0.4 is 21.1 Å². The van der Waals surface area contributed by atoms with Crippen molar-refractivity contribution in [2.24, 2.45) is 11.7 Å². The first kappa shape index (κ1) is 20.2. The monoisotopic (exact) mass is 329 g/mol. The normalized spacial score (nSPS) is 11.3. The second-order valence-corrected chi connectivity index (χ2v) is 5.03. The van der Waals surface area contributed by atoms with E-state index in [4.69, 9.17) is 10.5 Å². The van der Waals surface area contributed by atoms with Gasteiger partial charge in [-0.2, -0.15) is 0 Å². The van der Waals surface area contributed by atoms with E-state index in [1.165, 1.54) is 0 Å². The second-order valence-electron chi connectivity index (χ2n) is 5.03. The van der Waals surface area contributed by atoms with Crippen molar-refractivity contribution < 1.29 is 14.3 Å². The zero-order valence-corrected chi connectivity index (χ0v) is 13.9. The Kier molecular flexibility index (Phi) is 9.21. The molecule has 0 saturated heterocycles. The molecule has 124 valence electrons. The molecule has 0 aliphatic heterocycles. The number of anilines is 1. The fourth-order valence-corrected chi connectivity index (χ4v) is 1.56. The molecule has 6 nitrogen and oxygen atoms in total. The van der Waals surface area contributed by atoms with Gasteiger partial charge in [-0.05, 0) is 37.1 Å². The molecule has 1 rings (SSSR count). The van der Waals surface area contributed by atoms with E-state index in [1.54, 1.807) is 24.3 Å². The molecular weight excluding hydrogens is 306 g/mol. The summed E-state index contributed by atoms with van der Waals surface area (Å²) in [6, 6.07) is 6.25. The van der Waals surface area contributed by atoms with Crippen LogP contribution in [0.1, 0.15) is 20.8 Å². The highest BCUT2D eigenvalue weighted by Crippen LogP contribution is 2.16. The SMILES string of the molecule is CCNC(=O)COc1ccc(NC(=O)C(N)C(C)C)cc1.Cl. The number of benzene rings is 1. The second kappa shape index (κ2) is 10.0. The summed E-state index contributed by atoms with van der Waals surface area (Å²) in [4.78, 5) is 23.1. The van der Waals surface area contributed by atoms with Gasteiger partial charge in [0.2, 0.25) is 5.91 Å². The van der Waals surface area contributed by atoms with E-state index in [-0.39, 0.29) is 36.7 Å². The fourth-order valence-electron chi connectivity index (χ4n) is 1.56. The van der Waals surface area contributed by atoms with Crippen molar-refractivity contribution in [2.45, 2.75) is 26.8 Å². The van der Waals surface area contributed by atoms with Crippen molar-refractivity contribution >= 4 is 29.9 Å². The third kappa shape index (κ3) is 6.78. The van der Waals surface area contributed by atoms with Gasteiger partial charge in [-0.1, -0.05) is 13.8 Å². The summed E-state index contributed by atoms with van der Waals surface area (Å²) < 4.78 is 5.32. The highest BCUT2D eigenvalue weighted by Gasteiger charge is 2.17. The lowest BCUT2D eigenvalue weighted by Crippen LogP contribution is -2.39. The van der Waals surface area contributed by atoms with Crippen molar-refractivity contribution in [3.8, 4) is 5.75 Å². The van der Waals surface area contributed by atoms with Crippen LogP contribution in [0.25, 0.3) is 0 Å². The maximum atomic E-state index is 11.8. The van der Waals surface area contributed by atoms with Crippen LogP contribution in [0.3, 0.4) is 0 Å². The Morgan fingerprint density at radius 3 is 2.32 bits per heavy atom. The Morgan fingerprint density at radius 1 is 1.23 bits per heavy atom. The molecule has 0 saturated carbocycles. The fraction of sp³-hybridized carbons (Fsp3) is 0.467. The molecule has 0 spiro atoms. The average molecular weight is 330 g/mol. The number of hydrogen-bond acceptors (Lipinski definition) is 4. The molecule has 2 amide bonds. The summed E-state index contributed by atoms with van der Waals surface area (Å²) in [7, 11) is 0. The zero-order chi connectivity index (χ0) is 15.8. The van der Waals surface area contributed by atoms with Gasteiger partial charge in [-0.15, -0.1) is 12.4 Å². The number of carbonyl (C=O) groups excluding carboxylic acids is 2. The van der Waals surface area contributed by atoms with Crippen LogP contribution in [-0.4, -0.2) is 31.0 Å². The van der Waals surface area contributed by atoms with E-state index in [2.05, 4.69) is 10.6 Å². The standard InChI is InChI=1S/C15H23N3O3.ClH/c1-4-17-13(19)9-21-12-7-5-11(6-8-12)18-15(20)14(16)10(2)3;/h5-8,10,14H,4,9,16H2,1-3H3,(H,17,19)(H,18,20);1H. The number of amides is 2. The van der Waals surface area contributed by atoms with Gasteiger partial charge in [0.25, 0.3) is 5.91 Å². The third-order valence-electron chi connectivity index (χ3n) is 2.89. The lowest BCUT2D eigenvalue weighted by atomic mass is 10.1. The van der Waals surface area contributed by atoms with E-state index < -0.39 is 6.04 Å². The lowest BCUT2D eigenvalue weighted by Gasteiger charge is -2.15. The van der Waals surface area contributed by atoms with Crippen molar-refractivity contribution in [3.05, 3.63) is 24.3 Å². The molecule has 0 aromatic heterocycles. The van der Waals surface area contributed by atoms with Crippen molar-refractivity contribution in [1.82, 2.24) is 5.32 Å². The smallest absolute Gasteiger partial charge is 0.257 e. The van der Waals surface area contributed by atoms with Crippen LogP contribution in [0.2, 0.25) is 0 Å². The molecule has 1 aromatic rings. The molecule has 0 fully saturated rings. The summed E-state index contributed by atoms with van der Waals surface area (Å²) in [6.07, 6.45) is 0. The number of rotatable bonds is 7. The molecule has 22 heavy (non-hydrogen) atoms. The molecule has 7 heteroatoms. The van der Waals surface area contributed by atoms with E-state index in [9.17, 15) is 9.59 Å². The first-order valence-electron chi connectivity index (χ1n) is 7.00. The summed E-state index contributed by atoms with van der Waals surface area (Å²) >= 11 is 0. The molecule has 1 aromatic carbocycles. The van der Waals surface area contributed by atoms with Crippen LogP contribution in [0.5, 0.6) is 5.75 Å².